The van der Waals surface area contributed by atoms with Crippen molar-refractivity contribution in [2.75, 3.05) is 6.54 Å². The highest BCUT2D eigenvalue weighted by molar-refractivity contribution is 6.37. The second-order valence-electron chi connectivity index (χ2n) is 2.99. The number of halogens is 1. The van der Waals surface area contributed by atoms with E-state index in [1.807, 2.05) is 6.07 Å². The van der Waals surface area contributed by atoms with Gasteiger partial charge in [-0.1, -0.05) is 23.7 Å². The average Bonchev–Trinajstić information content (AvgIpc) is 2.59. The topological polar surface area (TPSA) is 58.9 Å². The molecule has 0 saturated heterocycles. The molecule has 0 aliphatic heterocycles. The highest BCUT2D eigenvalue weighted by atomic mass is 35.5. The molecule has 0 bridgehead atoms. The van der Waals surface area contributed by atoms with Gasteiger partial charge in [0.25, 0.3) is 0 Å². The Morgan fingerprint density at radius 3 is 3.00 bits per heavy atom. The van der Waals surface area contributed by atoms with Crippen molar-refractivity contribution in [2.24, 2.45) is 5.73 Å². The Bertz CT molecular complexity index is 490. The minimum absolute atomic E-state index is 0.000617. The minimum atomic E-state index is -0.0999. The van der Waals surface area contributed by atoms with E-state index >= 15 is 0 Å². The molecule has 3 N–H and O–H groups in total. The largest absolute Gasteiger partial charge is 0.360 e. The fourth-order valence-corrected chi connectivity index (χ4v) is 1.74. The van der Waals surface area contributed by atoms with E-state index in [1.54, 1.807) is 18.3 Å². The van der Waals surface area contributed by atoms with Crippen LogP contribution in [0.1, 0.15) is 10.4 Å². The zero-order valence-electron chi connectivity index (χ0n) is 7.38. The molecule has 0 fully saturated rings. The highest BCUT2D eigenvalue weighted by Gasteiger charge is 2.11. The fourth-order valence-electron chi connectivity index (χ4n) is 1.49. The lowest BCUT2D eigenvalue weighted by Gasteiger charge is -2.00. The van der Waals surface area contributed by atoms with E-state index in [-0.39, 0.29) is 12.3 Å². The molecule has 0 saturated carbocycles. The van der Waals surface area contributed by atoms with Crippen molar-refractivity contribution >= 4 is 28.3 Å². The van der Waals surface area contributed by atoms with Gasteiger partial charge in [-0.2, -0.15) is 0 Å². The molecule has 2 aromatic rings. The maximum Gasteiger partial charge on any atom is 0.177 e. The average molecular weight is 209 g/mol. The molecule has 2 rings (SSSR count). The van der Waals surface area contributed by atoms with Crippen molar-refractivity contribution in [3.63, 3.8) is 0 Å². The Kier molecular flexibility index (Phi) is 2.27. The van der Waals surface area contributed by atoms with Gasteiger partial charge in [-0.25, -0.2) is 0 Å². The van der Waals surface area contributed by atoms with Crippen molar-refractivity contribution in [3.05, 3.63) is 35.0 Å². The van der Waals surface area contributed by atoms with E-state index in [9.17, 15) is 4.79 Å². The number of benzene rings is 1. The van der Waals surface area contributed by atoms with Crippen molar-refractivity contribution < 1.29 is 4.79 Å². The van der Waals surface area contributed by atoms with Gasteiger partial charge >= 0.3 is 0 Å². The summed E-state index contributed by atoms with van der Waals surface area (Å²) in [6.07, 6.45) is 1.67. The molecule has 0 amide bonds. The first-order valence-corrected chi connectivity index (χ1v) is 4.60. The number of nitrogens with one attached hydrogen (secondary N) is 1. The van der Waals surface area contributed by atoms with Crippen LogP contribution in [0.2, 0.25) is 5.02 Å². The van der Waals surface area contributed by atoms with Crippen LogP contribution in [-0.2, 0) is 0 Å². The van der Waals surface area contributed by atoms with Crippen molar-refractivity contribution in [3.8, 4) is 0 Å². The molecule has 0 aliphatic carbocycles. The number of H-pyrrole nitrogens is 1. The van der Waals surface area contributed by atoms with Crippen LogP contribution in [0.15, 0.2) is 24.4 Å². The number of ketones is 1. The number of aromatic nitrogens is 1. The maximum absolute atomic E-state index is 11.5. The summed E-state index contributed by atoms with van der Waals surface area (Å²) in [5.74, 6) is -0.0999. The Hall–Kier alpha value is -1.32. The number of carbonyl (C=O) groups is 1. The van der Waals surface area contributed by atoms with Gasteiger partial charge < -0.3 is 10.7 Å². The van der Waals surface area contributed by atoms with Crippen LogP contribution in [0.5, 0.6) is 0 Å². The summed E-state index contributed by atoms with van der Waals surface area (Å²) in [7, 11) is 0. The monoisotopic (exact) mass is 208 g/mol. The van der Waals surface area contributed by atoms with Crippen LogP contribution in [-0.4, -0.2) is 17.3 Å². The molecule has 4 heteroatoms. The molecule has 3 nitrogen and oxygen atoms in total. The maximum atomic E-state index is 11.5. The summed E-state index contributed by atoms with van der Waals surface area (Å²) in [6, 6.07) is 5.41. The number of carbonyl (C=O) groups excluding carboxylic acids is 1. The molecular weight excluding hydrogens is 200 g/mol. The summed E-state index contributed by atoms with van der Waals surface area (Å²) < 4.78 is 0. The summed E-state index contributed by atoms with van der Waals surface area (Å²) in [5.41, 5.74) is 6.75. The predicted molar refractivity (Wildman–Crippen MR) is 56.7 cm³/mol. The van der Waals surface area contributed by atoms with Crippen LogP contribution in [0.3, 0.4) is 0 Å². The van der Waals surface area contributed by atoms with Gasteiger partial charge in [0.05, 0.1) is 11.6 Å². The summed E-state index contributed by atoms with van der Waals surface area (Å²) in [5, 5.41) is 1.31. The molecule has 0 spiro atoms. The Morgan fingerprint density at radius 2 is 2.29 bits per heavy atom. The van der Waals surface area contributed by atoms with E-state index in [0.29, 0.717) is 10.6 Å². The number of aromatic amines is 1. The number of Topliss-reactive ketones (excluding diaryl/α,β-unsaturated/α-hetero) is 1. The van der Waals surface area contributed by atoms with Crippen molar-refractivity contribution in [2.45, 2.75) is 0 Å². The lowest BCUT2D eigenvalue weighted by molar-refractivity contribution is 0.100. The summed E-state index contributed by atoms with van der Waals surface area (Å²) >= 11 is 5.95. The first kappa shape index (κ1) is 9.24. The van der Waals surface area contributed by atoms with Gasteiger partial charge in [0.15, 0.2) is 5.78 Å². The number of hydrogen-bond donors (Lipinski definition) is 2. The van der Waals surface area contributed by atoms with Gasteiger partial charge in [-0.3, -0.25) is 4.79 Å². The zero-order valence-corrected chi connectivity index (χ0v) is 8.14. The predicted octanol–water partition coefficient (Wildman–Crippen LogP) is 1.96. The van der Waals surface area contributed by atoms with Gasteiger partial charge in [-0.05, 0) is 6.07 Å². The summed E-state index contributed by atoms with van der Waals surface area (Å²) in [6.45, 7) is 0.000617. The standard InChI is InChI=1S/C10H9ClN2O/c11-7-5-13-8-3-1-2-6(10(7)8)9(14)4-12/h1-3,5,13H,4,12H2. The first-order chi connectivity index (χ1) is 6.74. The lowest BCUT2D eigenvalue weighted by atomic mass is 10.1. The fraction of sp³-hybridized carbons (Fsp3) is 0.100. The van der Waals surface area contributed by atoms with Crippen LogP contribution >= 0.6 is 11.6 Å². The van der Waals surface area contributed by atoms with Crippen molar-refractivity contribution in [1.29, 1.82) is 0 Å². The van der Waals surface area contributed by atoms with Crippen molar-refractivity contribution in [1.82, 2.24) is 4.98 Å². The molecule has 0 atom stereocenters. The molecule has 1 aromatic carbocycles. The zero-order chi connectivity index (χ0) is 10.1. The molecule has 72 valence electrons. The second kappa shape index (κ2) is 3.44. The third-order valence-electron chi connectivity index (χ3n) is 2.14. The molecule has 0 unspecified atom stereocenters. The third kappa shape index (κ3) is 1.31. The summed E-state index contributed by atoms with van der Waals surface area (Å²) in [4.78, 5) is 14.5. The quantitative estimate of drug-likeness (QED) is 0.742. The number of nitrogens with two attached hydrogens (primary N) is 1. The Morgan fingerprint density at radius 1 is 1.50 bits per heavy atom. The first-order valence-electron chi connectivity index (χ1n) is 4.23. The Balaban J connectivity index is 2.75. The van der Waals surface area contributed by atoms with E-state index in [1.165, 1.54) is 0 Å². The van der Waals surface area contributed by atoms with Crippen LogP contribution in [0.4, 0.5) is 0 Å². The van der Waals surface area contributed by atoms with Gasteiger partial charge in [-0.15, -0.1) is 0 Å². The molecule has 1 heterocycles. The lowest BCUT2D eigenvalue weighted by Crippen LogP contribution is -2.13. The molecule has 0 radical (unpaired) electrons. The molecule has 14 heavy (non-hydrogen) atoms. The number of fused-ring (bicyclic) bond motifs is 1. The SMILES string of the molecule is NCC(=O)c1cccc2[nH]cc(Cl)c12. The van der Waals surface area contributed by atoms with Crippen LogP contribution < -0.4 is 5.73 Å². The molecule has 1 aromatic heterocycles. The van der Waals surface area contributed by atoms with Gasteiger partial charge in [0, 0.05) is 22.7 Å². The third-order valence-corrected chi connectivity index (χ3v) is 2.44. The number of hydrogen-bond acceptors (Lipinski definition) is 2. The van der Waals surface area contributed by atoms with E-state index in [2.05, 4.69) is 4.98 Å². The van der Waals surface area contributed by atoms with E-state index in [0.717, 1.165) is 10.9 Å². The van der Waals surface area contributed by atoms with E-state index < -0.39 is 0 Å². The second-order valence-corrected chi connectivity index (χ2v) is 3.40. The van der Waals surface area contributed by atoms with Crippen LogP contribution in [0, 0.1) is 0 Å². The molecule has 0 aliphatic rings. The molecular formula is C10H9ClN2O. The van der Waals surface area contributed by atoms with E-state index in [4.69, 9.17) is 17.3 Å². The minimum Gasteiger partial charge on any atom is -0.360 e. The van der Waals surface area contributed by atoms with Crippen LogP contribution in [0.25, 0.3) is 10.9 Å². The highest BCUT2D eigenvalue weighted by Crippen LogP contribution is 2.26. The smallest absolute Gasteiger partial charge is 0.177 e. The Labute approximate surface area is 85.9 Å². The van der Waals surface area contributed by atoms with Gasteiger partial charge in [0.2, 0.25) is 0 Å². The number of rotatable bonds is 2. The normalized spacial score (nSPS) is 10.7. The van der Waals surface area contributed by atoms with Gasteiger partial charge in [0.1, 0.15) is 0 Å².